The number of hydrogen-bond acceptors (Lipinski definition) is 5. The molecule has 0 saturated carbocycles. The Morgan fingerprint density at radius 2 is 2.30 bits per heavy atom. The molecule has 0 spiro atoms. The lowest BCUT2D eigenvalue weighted by Crippen LogP contribution is -2.32. The van der Waals surface area contributed by atoms with Crippen molar-refractivity contribution in [2.24, 2.45) is 5.92 Å². The zero-order valence-corrected chi connectivity index (χ0v) is 11.3. The van der Waals surface area contributed by atoms with Gasteiger partial charge in [0.1, 0.15) is 0 Å². The Morgan fingerprint density at radius 3 is 3.05 bits per heavy atom. The van der Waals surface area contributed by atoms with Crippen molar-refractivity contribution >= 4 is 0 Å². The molecule has 0 bridgehead atoms. The van der Waals surface area contributed by atoms with E-state index in [-0.39, 0.29) is 6.04 Å². The number of rotatable bonds is 2. The maximum Gasteiger partial charge on any atom is 0.244 e. The van der Waals surface area contributed by atoms with E-state index >= 15 is 0 Å². The predicted octanol–water partition coefficient (Wildman–Crippen LogP) is 2.67. The summed E-state index contributed by atoms with van der Waals surface area (Å²) in [6.07, 6.45) is 2.18. The van der Waals surface area contributed by atoms with Crippen LogP contribution in [0.5, 0.6) is 0 Å². The molecule has 0 radical (unpaired) electrons. The summed E-state index contributed by atoms with van der Waals surface area (Å²) in [7, 11) is 0. The molecular formula is C15H16N4O. The van der Waals surface area contributed by atoms with E-state index in [9.17, 15) is 0 Å². The Kier molecular flexibility index (Phi) is 3.48. The van der Waals surface area contributed by atoms with Gasteiger partial charge in [-0.1, -0.05) is 24.2 Å². The molecule has 1 fully saturated rings. The molecule has 2 aromatic rings. The Labute approximate surface area is 117 Å². The van der Waals surface area contributed by atoms with Crippen LogP contribution in [0.1, 0.15) is 37.3 Å². The van der Waals surface area contributed by atoms with Gasteiger partial charge in [0, 0.05) is 5.56 Å². The molecule has 3 rings (SSSR count). The van der Waals surface area contributed by atoms with Gasteiger partial charge in [0.25, 0.3) is 0 Å². The molecule has 2 heterocycles. The highest BCUT2D eigenvalue weighted by atomic mass is 16.5. The van der Waals surface area contributed by atoms with Crippen LogP contribution in [0, 0.1) is 17.2 Å². The summed E-state index contributed by atoms with van der Waals surface area (Å²) >= 11 is 0. The molecule has 20 heavy (non-hydrogen) atoms. The molecular weight excluding hydrogens is 252 g/mol. The largest absolute Gasteiger partial charge is 0.337 e. The Hall–Kier alpha value is -2.19. The van der Waals surface area contributed by atoms with Crippen molar-refractivity contribution in [1.82, 2.24) is 15.5 Å². The minimum atomic E-state index is 0.145. The first-order valence-electron chi connectivity index (χ1n) is 6.84. The number of nitrogens with zero attached hydrogens (tertiary/aromatic N) is 3. The van der Waals surface area contributed by atoms with Crippen LogP contribution in [-0.2, 0) is 0 Å². The van der Waals surface area contributed by atoms with Crippen LogP contribution >= 0.6 is 0 Å². The summed E-state index contributed by atoms with van der Waals surface area (Å²) in [5.41, 5.74) is 1.40. The molecule has 1 aromatic heterocycles. The van der Waals surface area contributed by atoms with Crippen LogP contribution in [0.15, 0.2) is 28.8 Å². The Balaban J connectivity index is 1.81. The molecule has 1 aliphatic heterocycles. The molecule has 1 aromatic carbocycles. The van der Waals surface area contributed by atoms with Gasteiger partial charge in [0.2, 0.25) is 11.7 Å². The molecule has 0 aliphatic carbocycles. The summed E-state index contributed by atoms with van der Waals surface area (Å²) in [5, 5.41) is 16.4. The number of hydrogen-bond donors (Lipinski definition) is 1. The summed E-state index contributed by atoms with van der Waals surface area (Å²) in [5.74, 6) is 1.87. The zero-order chi connectivity index (χ0) is 13.9. The summed E-state index contributed by atoms with van der Waals surface area (Å²) in [6, 6.07) is 9.49. The fourth-order valence-corrected chi connectivity index (χ4v) is 2.43. The minimum absolute atomic E-state index is 0.145. The van der Waals surface area contributed by atoms with Crippen molar-refractivity contribution in [3.8, 4) is 17.5 Å². The second-order valence-corrected chi connectivity index (χ2v) is 5.29. The SMILES string of the molecule is CC1CCC(c2nc(-c3cccc(C#N)c3)no2)NC1. The van der Waals surface area contributed by atoms with E-state index in [1.165, 1.54) is 6.42 Å². The molecule has 1 saturated heterocycles. The van der Waals surface area contributed by atoms with E-state index < -0.39 is 0 Å². The number of aromatic nitrogens is 2. The van der Waals surface area contributed by atoms with Crippen molar-refractivity contribution in [3.05, 3.63) is 35.7 Å². The highest BCUT2D eigenvalue weighted by Crippen LogP contribution is 2.26. The fraction of sp³-hybridized carbons (Fsp3) is 0.400. The average molecular weight is 268 g/mol. The van der Waals surface area contributed by atoms with Gasteiger partial charge < -0.3 is 9.84 Å². The van der Waals surface area contributed by atoms with Crippen molar-refractivity contribution in [1.29, 1.82) is 5.26 Å². The highest BCUT2D eigenvalue weighted by Gasteiger charge is 2.24. The first-order valence-corrected chi connectivity index (χ1v) is 6.84. The number of nitriles is 1. The van der Waals surface area contributed by atoms with E-state index in [4.69, 9.17) is 9.78 Å². The predicted molar refractivity (Wildman–Crippen MR) is 73.6 cm³/mol. The average Bonchev–Trinajstić information content (AvgIpc) is 2.98. The Morgan fingerprint density at radius 1 is 1.40 bits per heavy atom. The van der Waals surface area contributed by atoms with Crippen molar-refractivity contribution in [2.75, 3.05) is 6.54 Å². The van der Waals surface area contributed by atoms with E-state index in [2.05, 4.69) is 28.5 Å². The maximum atomic E-state index is 8.92. The maximum absolute atomic E-state index is 8.92. The molecule has 5 heteroatoms. The lowest BCUT2D eigenvalue weighted by Gasteiger charge is -2.24. The third-order valence-corrected chi connectivity index (χ3v) is 3.65. The first-order chi connectivity index (χ1) is 9.76. The van der Waals surface area contributed by atoms with Crippen molar-refractivity contribution < 1.29 is 4.52 Å². The molecule has 102 valence electrons. The topological polar surface area (TPSA) is 74.7 Å². The van der Waals surface area contributed by atoms with Crippen LogP contribution < -0.4 is 5.32 Å². The van der Waals surface area contributed by atoms with Crippen LogP contribution in [0.3, 0.4) is 0 Å². The summed E-state index contributed by atoms with van der Waals surface area (Å²) < 4.78 is 5.36. The Bertz CT molecular complexity index is 635. The van der Waals surface area contributed by atoms with Gasteiger partial charge in [-0.15, -0.1) is 0 Å². The first kappa shape index (κ1) is 12.8. The number of nitrogens with one attached hydrogen (secondary N) is 1. The highest BCUT2D eigenvalue weighted by molar-refractivity contribution is 5.57. The van der Waals surface area contributed by atoms with Crippen LogP contribution in [0.25, 0.3) is 11.4 Å². The molecule has 2 unspecified atom stereocenters. The standard InChI is InChI=1S/C15H16N4O/c1-10-5-6-13(17-9-10)15-18-14(19-20-15)12-4-2-3-11(7-12)8-16/h2-4,7,10,13,17H,5-6,9H2,1H3. The third-order valence-electron chi connectivity index (χ3n) is 3.65. The quantitative estimate of drug-likeness (QED) is 0.906. The van der Waals surface area contributed by atoms with Crippen molar-refractivity contribution in [2.45, 2.75) is 25.8 Å². The van der Waals surface area contributed by atoms with Crippen LogP contribution in [0.4, 0.5) is 0 Å². The summed E-state index contributed by atoms with van der Waals surface area (Å²) in [6.45, 7) is 3.21. The van der Waals surface area contributed by atoms with E-state index in [1.807, 2.05) is 12.1 Å². The smallest absolute Gasteiger partial charge is 0.244 e. The second-order valence-electron chi connectivity index (χ2n) is 5.29. The van der Waals surface area contributed by atoms with E-state index in [0.29, 0.717) is 23.2 Å². The van der Waals surface area contributed by atoms with Gasteiger partial charge in [-0.05, 0) is 37.4 Å². The molecule has 1 aliphatic rings. The van der Waals surface area contributed by atoms with E-state index in [1.54, 1.807) is 12.1 Å². The van der Waals surface area contributed by atoms with E-state index in [0.717, 1.165) is 18.5 Å². The molecule has 5 nitrogen and oxygen atoms in total. The number of piperidine rings is 1. The normalized spacial score (nSPS) is 22.4. The monoisotopic (exact) mass is 268 g/mol. The lowest BCUT2D eigenvalue weighted by atomic mass is 9.96. The van der Waals surface area contributed by atoms with Gasteiger partial charge in [0.05, 0.1) is 17.7 Å². The molecule has 2 atom stereocenters. The zero-order valence-electron chi connectivity index (χ0n) is 11.3. The summed E-state index contributed by atoms with van der Waals surface area (Å²) in [4.78, 5) is 4.45. The van der Waals surface area contributed by atoms with Gasteiger partial charge in [-0.2, -0.15) is 10.2 Å². The van der Waals surface area contributed by atoms with Crippen molar-refractivity contribution in [3.63, 3.8) is 0 Å². The molecule has 1 N–H and O–H groups in total. The van der Waals surface area contributed by atoms with Gasteiger partial charge in [0.15, 0.2) is 0 Å². The minimum Gasteiger partial charge on any atom is -0.337 e. The third kappa shape index (κ3) is 2.56. The van der Waals surface area contributed by atoms with Crippen LogP contribution in [-0.4, -0.2) is 16.7 Å². The van der Waals surface area contributed by atoms with Gasteiger partial charge >= 0.3 is 0 Å². The van der Waals surface area contributed by atoms with Gasteiger partial charge in [-0.3, -0.25) is 0 Å². The second kappa shape index (κ2) is 5.43. The van der Waals surface area contributed by atoms with Crippen LogP contribution in [0.2, 0.25) is 0 Å². The molecule has 0 amide bonds. The fourth-order valence-electron chi connectivity index (χ4n) is 2.43. The van der Waals surface area contributed by atoms with Gasteiger partial charge in [-0.25, -0.2) is 0 Å². The number of benzene rings is 1. The lowest BCUT2D eigenvalue weighted by molar-refractivity contribution is 0.266.